The fourth-order valence-corrected chi connectivity index (χ4v) is 3.35. The minimum Gasteiger partial charge on any atom is -0.756 e. The molecular formula is C22H21N4O6P. The van der Waals surface area contributed by atoms with Crippen LogP contribution in [-0.2, 0) is 28.8 Å². The Kier molecular flexibility index (Phi) is 6.81. The standard InChI is InChI=1S/C22H21N4O6P/c23-22-19(7-4-10-26(22)15-31-33(27,28)29)20-12-18(25-32-20)11-17-8-9-21(24-13-17)30-14-16-5-2-1-3-6-16/h1-10,12-13,23H,11,14-15H2,(H2,27,28,29). The van der Waals surface area contributed by atoms with Crippen molar-refractivity contribution in [1.82, 2.24) is 10.1 Å². The van der Waals surface area contributed by atoms with Crippen LogP contribution < -0.4 is 19.9 Å². The van der Waals surface area contributed by atoms with Crippen molar-refractivity contribution in [2.45, 2.75) is 19.8 Å². The van der Waals surface area contributed by atoms with E-state index in [1.165, 1.54) is 10.8 Å². The van der Waals surface area contributed by atoms with Crippen LogP contribution in [0, 0.1) is 0 Å². The number of ether oxygens (including phenoxy) is 1. The van der Waals surface area contributed by atoms with Crippen LogP contribution in [0.15, 0.2) is 77.6 Å². The van der Waals surface area contributed by atoms with Gasteiger partial charge in [0, 0.05) is 24.8 Å². The first-order chi connectivity index (χ1) is 15.9. The van der Waals surface area contributed by atoms with Crippen LogP contribution in [0.1, 0.15) is 16.8 Å². The minimum atomic E-state index is -4.87. The maximum absolute atomic E-state index is 10.8. The molecule has 0 aliphatic rings. The molecule has 170 valence electrons. The molecule has 10 nitrogen and oxygen atoms in total. The number of phosphoric acid groups is 1. The lowest BCUT2D eigenvalue weighted by Gasteiger charge is -2.14. The highest BCUT2D eigenvalue weighted by Crippen LogP contribution is 2.30. The number of nitrogens with zero attached hydrogens (tertiary/aromatic N) is 3. The Morgan fingerprint density at radius 2 is 1.94 bits per heavy atom. The topological polar surface area (TPSA) is 148 Å². The first-order valence-electron chi connectivity index (χ1n) is 9.91. The number of anilines is 1. The van der Waals surface area contributed by atoms with Gasteiger partial charge in [-0.3, -0.25) is 14.8 Å². The molecule has 11 heteroatoms. The summed E-state index contributed by atoms with van der Waals surface area (Å²) < 4.78 is 27.7. The molecule has 0 radical (unpaired) electrons. The summed E-state index contributed by atoms with van der Waals surface area (Å²) in [5, 5.41) is 4.08. The molecule has 0 aliphatic carbocycles. The molecule has 3 aromatic heterocycles. The molecule has 3 N–H and O–H groups in total. The van der Waals surface area contributed by atoms with Gasteiger partial charge in [-0.2, -0.15) is 0 Å². The predicted octanol–water partition coefficient (Wildman–Crippen LogP) is 2.21. The molecule has 0 spiro atoms. The highest BCUT2D eigenvalue weighted by Gasteiger charge is 2.18. The average molecular weight is 468 g/mol. The van der Waals surface area contributed by atoms with Gasteiger partial charge in [0.2, 0.25) is 5.88 Å². The minimum absolute atomic E-state index is 0.190. The zero-order valence-electron chi connectivity index (χ0n) is 17.4. The second-order valence-corrected chi connectivity index (χ2v) is 8.34. The lowest BCUT2D eigenvalue weighted by molar-refractivity contribution is -0.712. The van der Waals surface area contributed by atoms with Crippen LogP contribution in [0.4, 0.5) is 5.82 Å². The Balaban J connectivity index is 1.40. The van der Waals surface area contributed by atoms with Crippen molar-refractivity contribution in [3.8, 4) is 17.2 Å². The van der Waals surface area contributed by atoms with E-state index < -0.39 is 14.6 Å². The van der Waals surface area contributed by atoms with E-state index in [4.69, 9.17) is 19.9 Å². The van der Waals surface area contributed by atoms with E-state index in [0.29, 0.717) is 35.9 Å². The van der Waals surface area contributed by atoms with Crippen LogP contribution >= 0.6 is 7.82 Å². The van der Waals surface area contributed by atoms with Crippen molar-refractivity contribution >= 4 is 13.6 Å². The summed E-state index contributed by atoms with van der Waals surface area (Å²) in [5.74, 6) is 1.12. The summed E-state index contributed by atoms with van der Waals surface area (Å²) in [7, 11) is -4.87. The van der Waals surface area contributed by atoms with Crippen LogP contribution in [-0.4, -0.2) is 15.0 Å². The van der Waals surface area contributed by atoms with E-state index in [0.717, 1.165) is 11.1 Å². The smallest absolute Gasteiger partial charge is 0.285 e. The van der Waals surface area contributed by atoms with E-state index in [2.05, 4.69) is 14.7 Å². The fourth-order valence-electron chi connectivity index (χ4n) is 3.08. The van der Waals surface area contributed by atoms with Gasteiger partial charge in [0.15, 0.2) is 12.5 Å². The van der Waals surface area contributed by atoms with E-state index in [1.54, 1.807) is 30.5 Å². The molecule has 0 aliphatic heterocycles. The van der Waals surface area contributed by atoms with E-state index >= 15 is 0 Å². The van der Waals surface area contributed by atoms with Gasteiger partial charge in [-0.25, -0.2) is 9.55 Å². The van der Waals surface area contributed by atoms with Crippen molar-refractivity contribution in [1.29, 1.82) is 0 Å². The van der Waals surface area contributed by atoms with Crippen LogP contribution in [0.25, 0.3) is 11.3 Å². The summed E-state index contributed by atoms with van der Waals surface area (Å²) in [6, 6.07) is 18.6. The average Bonchev–Trinajstić information content (AvgIpc) is 3.26. The number of pyridine rings is 2. The van der Waals surface area contributed by atoms with Crippen molar-refractivity contribution in [3.05, 3.63) is 89.9 Å². The van der Waals surface area contributed by atoms with Gasteiger partial charge in [-0.1, -0.05) is 41.6 Å². The second-order valence-electron chi connectivity index (χ2n) is 7.14. The van der Waals surface area contributed by atoms with Gasteiger partial charge in [0.1, 0.15) is 12.2 Å². The summed E-state index contributed by atoms with van der Waals surface area (Å²) in [5.41, 5.74) is 9.23. The zero-order valence-corrected chi connectivity index (χ0v) is 18.3. The van der Waals surface area contributed by atoms with Crippen LogP contribution in [0.3, 0.4) is 0 Å². The van der Waals surface area contributed by atoms with E-state index in [9.17, 15) is 9.46 Å². The van der Waals surface area contributed by atoms with E-state index in [-0.39, 0.29) is 5.82 Å². The molecule has 1 aromatic carbocycles. The maximum atomic E-state index is 10.8. The molecule has 33 heavy (non-hydrogen) atoms. The quantitative estimate of drug-likeness (QED) is 0.279. The van der Waals surface area contributed by atoms with Crippen LogP contribution in [0.2, 0.25) is 0 Å². The van der Waals surface area contributed by atoms with Gasteiger partial charge in [0.25, 0.3) is 13.6 Å². The van der Waals surface area contributed by atoms with Gasteiger partial charge >= 0.3 is 0 Å². The summed E-state index contributed by atoms with van der Waals surface area (Å²) in [4.78, 5) is 24.0. The lowest BCUT2D eigenvalue weighted by Crippen LogP contribution is -2.38. The Labute approximate surface area is 189 Å². The number of aromatic nitrogens is 3. The Hall–Kier alpha value is -3.56. The van der Waals surface area contributed by atoms with Crippen molar-refractivity contribution in [2.24, 2.45) is 0 Å². The number of hydrogen-bond acceptors (Lipinski definition) is 8. The maximum Gasteiger partial charge on any atom is 0.285 e. The Morgan fingerprint density at radius 3 is 2.67 bits per heavy atom. The number of hydrogen-bond donors (Lipinski definition) is 2. The number of phosphoric ester groups is 1. The highest BCUT2D eigenvalue weighted by molar-refractivity contribution is 7.44. The van der Waals surface area contributed by atoms with Crippen molar-refractivity contribution < 1.29 is 32.7 Å². The fraction of sp³-hybridized carbons (Fsp3) is 0.136. The predicted molar refractivity (Wildman–Crippen MR) is 115 cm³/mol. The molecule has 3 heterocycles. The third-order valence-corrected chi connectivity index (χ3v) is 5.15. The molecule has 0 amide bonds. The molecule has 0 fully saturated rings. The Bertz CT molecular complexity index is 1260. The zero-order chi connectivity index (χ0) is 23.3. The normalized spacial score (nSPS) is 12.9. The largest absolute Gasteiger partial charge is 0.756 e. The summed E-state index contributed by atoms with van der Waals surface area (Å²) in [6.07, 6.45) is 3.71. The lowest BCUT2D eigenvalue weighted by atomic mass is 10.1. The molecule has 0 saturated carbocycles. The SMILES string of the molecule is Nc1c(-c2cc(Cc3ccc(OCc4ccccc4)nc3)no2)ccc[n+]1COP(=O)([O-])O. The molecular weight excluding hydrogens is 447 g/mol. The van der Waals surface area contributed by atoms with Crippen LogP contribution in [0.5, 0.6) is 5.88 Å². The van der Waals surface area contributed by atoms with Gasteiger partial charge in [0.05, 0.1) is 11.9 Å². The van der Waals surface area contributed by atoms with Crippen molar-refractivity contribution in [3.63, 3.8) is 0 Å². The summed E-state index contributed by atoms with van der Waals surface area (Å²) >= 11 is 0. The number of nitrogen functional groups attached to an aromatic ring is 1. The first kappa shape index (κ1) is 22.6. The monoisotopic (exact) mass is 468 g/mol. The number of nitrogens with two attached hydrogens (primary N) is 1. The van der Waals surface area contributed by atoms with Gasteiger partial charge in [-0.15, -0.1) is 0 Å². The molecule has 4 aromatic rings. The summed E-state index contributed by atoms with van der Waals surface area (Å²) in [6.45, 7) is -0.0314. The third kappa shape index (κ3) is 6.24. The van der Waals surface area contributed by atoms with E-state index in [1.807, 2.05) is 36.4 Å². The highest BCUT2D eigenvalue weighted by atomic mass is 31.2. The van der Waals surface area contributed by atoms with Crippen molar-refractivity contribution in [2.75, 3.05) is 5.73 Å². The molecule has 1 unspecified atom stereocenters. The molecule has 1 atom stereocenters. The second kappa shape index (κ2) is 9.93. The Morgan fingerprint density at radius 1 is 1.12 bits per heavy atom. The number of rotatable bonds is 9. The van der Waals surface area contributed by atoms with Gasteiger partial charge < -0.3 is 19.0 Å². The number of benzene rings is 1. The third-order valence-electron chi connectivity index (χ3n) is 4.71. The molecule has 0 bridgehead atoms. The van der Waals surface area contributed by atoms with Gasteiger partial charge in [-0.05, 0) is 23.3 Å². The molecule has 4 rings (SSSR count). The molecule has 0 saturated heterocycles. The first-order valence-corrected chi connectivity index (χ1v) is 11.4.